The molecule has 0 radical (unpaired) electrons. The Hall–Kier alpha value is -2.67. The first kappa shape index (κ1) is 15.8. The molecule has 1 aliphatic heterocycles. The quantitative estimate of drug-likeness (QED) is 0.741. The van der Waals surface area contributed by atoms with Crippen molar-refractivity contribution in [1.82, 2.24) is 15.5 Å². The molecule has 2 N–H and O–H groups in total. The summed E-state index contributed by atoms with van der Waals surface area (Å²) in [6.07, 6.45) is 0.703. The van der Waals surface area contributed by atoms with Gasteiger partial charge in [0.15, 0.2) is 5.69 Å². The fourth-order valence-corrected chi connectivity index (χ4v) is 4.14. The van der Waals surface area contributed by atoms with Gasteiger partial charge in [-0.05, 0) is 36.2 Å². The molecule has 0 saturated heterocycles. The standard InChI is InChI=1S/C18H14FN3O2S/c19-10-5-6-15-13(9-10)14(7-8-25-15)20-18(24)16-11-3-1-2-4-12(11)17(23)22-21-16/h1-6,9,14H,7-8H2,(H,20,24)(H,22,23). The summed E-state index contributed by atoms with van der Waals surface area (Å²) < 4.78 is 13.6. The highest BCUT2D eigenvalue weighted by Crippen LogP contribution is 2.36. The van der Waals surface area contributed by atoms with Crippen LogP contribution in [0, 0.1) is 5.82 Å². The number of nitrogens with zero attached hydrogens (tertiary/aromatic N) is 1. The first-order valence-electron chi connectivity index (χ1n) is 7.84. The summed E-state index contributed by atoms with van der Waals surface area (Å²) >= 11 is 1.65. The van der Waals surface area contributed by atoms with Gasteiger partial charge in [-0.2, -0.15) is 5.10 Å². The van der Waals surface area contributed by atoms with Crippen molar-refractivity contribution in [2.45, 2.75) is 17.4 Å². The first-order valence-corrected chi connectivity index (χ1v) is 8.82. The molecule has 5 nitrogen and oxygen atoms in total. The van der Waals surface area contributed by atoms with Crippen molar-refractivity contribution in [2.24, 2.45) is 0 Å². The van der Waals surface area contributed by atoms with Gasteiger partial charge in [0, 0.05) is 16.0 Å². The lowest BCUT2D eigenvalue weighted by atomic mass is 10.0. The van der Waals surface area contributed by atoms with Crippen molar-refractivity contribution in [2.75, 3.05) is 5.75 Å². The molecule has 3 aromatic rings. The van der Waals surface area contributed by atoms with Gasteiger partial charge in [-0.25, -0.2) is 9.49 Å². The minimum Gasteiger partial charge on any atom is -0.344 e. The molecule has 2 heterocycles. The van der Waals surface area contributed by atoms with E-state index in [1.807, 2.05) is 0 Å². The number of hydrogen-bond donors (Lipinski definition) is 2. The Labute approximate surface area is 146 Å². The summed E-state index contributed by atoms with van der Waals surface area (Å²) in [7, 11) is 0. The first-order chi connectivity index (χ1) is 12.1. The summed E-state index contributed by atoms with van der Waals surface area (Å²) in [4.78, 5) is 25.6. The lowest BCUT2D eigenvalue weighted by Gasteiger charge is -2.26. The van der Waals surface area contributed by atoms with E-state index in [-0.39, 0.29) is 29.0 Å². The molecular formula is C18H14FN3O2S. The molecule has 0 fully saturated rings. The monoisotopic (exact) mass is 355 g/mol. The van der Waals surface area contributed by atoms with Crippen LogP contribution in [0.25, 0.3) is 10.8 Å². The third kappa shape index (κ3) is 2.91. The minimum atomic E-state index is -0.389. The zero-order chi connectivity index (χ0) is 17.4. The van der Waals surface area contributed by atoms with Crippen molar-refractivity contribution in [3.8, 4) is 0 Å². The Kier molecular flexibility index (Phi) is 4.01. The third-order valence-electron chi connectivity index (χ3n) is 4.23. The van der Waals surface area contributed by atoms with E-state index in [1.54, 1.807) is 42.1 Å². The smallest absolute Gasteiger partial charge is 0.272 e. The minimum absolute atomic E-state index is 0.159. The van der Waals surface area contributed by atoms with Gasteiger partial charge in [0.2, 0.25) is 0 Å². The Morgan fingerprint density at radius 2 is 2.04 bits per heavy atom. The fourth-order valence-electron chi connectivity index (χ4n) is 3.03. The normalized spacial score (nSPS) is 16.4. The van der Waals surface area contributed by atoms with Crippen LogP contribution in [-0.4, -0.2) is 21.9 Å². The van der Waals surface area contributed by atoms with Crippen LogP contribution in [-0.2, 0) is 0 Å². The lowest BCUT2D eigenvalue weighted by Crippen LogP contribution is -2.32. The molecule has 0 aliphatic carbocycles. The van der Waals surface area contributed by atoms with E-state index < -0.39 is 0 Å². The Morgan fingerprint density at radius 1 is 1.24 bits per heavy atom. The number of aromatic amines is 1. The van der Waals surface area contributed by atoms with Crippen LogP contribution in [0.5, 0.6) is 0 Å². The number of carbonyl (C=O) groups excluding carboxylic acids is 1. The molecule has 1 amide bonds. The molecule has 0 bridgehead atoms. The van der Waals surface area contributed by atoms with Crippen molar-refractivity contribution >= 4 is 28.4 Å². The van der Waals surface area contributed by atoms with Crippen molar-refractivity contribution in [3.05, 3.63) is 69.9 Å². The van der Waals surface area contributed by atoms with E-state index in [9.17, 15) is 14.0 Å². The lowest BCUT2D eigenvalue weighted by molar-refractivity contribution is 0.0930. The van der Waals surface area contributed by atoms with Gasteiger partial charge in [-0.3, -0.25) is 9.59 Å². The molecule has 126 valence electrons. The summed E-state index contributed by atoms with van der Waals surface area (Å²) in [6, 6.07) is 11.2. The summed E-state index contributed by atoms with van der Waals surface area (Å²) in [6.45, 7) is 0. The van der Waals surface area contributed by atoms with Gasteiger partial charge in [0.05, 0.1) is 11.4 Å². The summed E-state index contributed by atoms with van der Waals surface area (Å²) in [5.74, 6) is 0.122. The maximum atomic E-state index is 13.6. The molecule has 0 saturated carbocycles. The fraction of sp³-hybridized carbons (Fsp3) is 0.167. The van der Waals surface area contributed by atoms with Crippen LogP contribution in [0.15, 0.2) is 52.2 Å². The summed E-state index contributed by atoms with van der Waals surface area (Å²) in [5, 5.41) is 10.1. The number of carbonyl (C=O) groups is 1. The number of H-pyrrole nitrogens is 1. The van der Waals surface area contributed by atoms with E-state index in [4.69, 9.17) is 0 Å². The second-order valence-electron chi connectivity index (χ2n) is 5.79. The van der Waals surface area contributed by atoms with Gasteiger partial charge in [0.25, 0.3) is 11.5 Å². The topological polar surface area (TPSA) is 74.8 Å². The van der Waals surface area contributed by atoms with Crippen LogP contribution in [0.4, 0.5) is 4.39 Å². The molecule has 1 aliphatic rings. The number of hydrogen-bond acceptors (Lipinski definition) is 4. The predicted molar refractivity (Wildman–Crippen MR) is 94.3 cm³/mol. The highest BCUT2D eigenvalue weighted by molar-refractivity contribution is 7.99. The number of amides is 1. The highest BCUT2D eigenvalue weighted by Gasteiger charge is 2.24. The van der Waals surface area contributed by atoms with Gasteiger partial charge in [-0.15, -0.1) is 11.8 Å². The maximum Gasteiger partial charge on any atom is 0.272 e. The van der Waals surface area contributed by atoms with Crippen LogP contribution >= 0.6 is 11.8 Å². The average molecular weight is 355 g/mol. The second-order valence-corrected chi connectivity index (χ2v) is 6.93. The molecule has 4 rings (SSSR count). The molecule has 2 aromatic carbocycles. The van der Waals surface area contributed by atoms with E-state index in [2.05, 4.69) is 15.5 Å². The van der Waals surface area contributed by atoms with Crippen molar-refractivity contribution in [3.63, 3.8) is 0 Å². The number of thioether (sulfide) groups is 1. The van der Waals surface area contributed by atoms with E-state index >= 15 is 0 Å². The Balaban J connectivity index is 1.70. The average Bonchev–Trinajstić information content (AvgIpc) is 2.63. The van der Waals surface area contributed by atoms with Crippen LogP contribution in [0.2, 0.25) is 0 Å². The third-order valence-corrected chi connectivity index (χ3v) is 5.35. The Bertz CT molecular complexity index is 1030. The number of aromatic nitrogens is 2. The molecule has 1 unspecified atom stereocenters. The van der Waals surface area contributed by atoms with Crippen LogP contribution < -0.4 is 10.9 Å². The van der Waals surface area contributed by atoms with Gasteiger partial charge >= 0.3 is 0 Å². The maximum absolute atomic E-state index is 13.6. The molecule has 0 spiro atoms. The molecule has 25 heavy (non-hydrogen) atoms. The summed E-state index contributed by atoms with van der Waals surface area (Å²) in [5.41, 5.74) is 0.596. The molecule has 1 aromatic heterocycles. The predicted octanol–water partition coefficient (Wildman–Crippen LogP) is 3.03. The molecule has 1 atom stereocenters. The van der Waals surface area contributed by atoms with Crippen LogP contribution in [0.3, 0.4) is 0 Å². The largest absolute Gasteiger partial charge is 0.344 e. The number of rotatable bonds is 2. The van der Waals surface area contributed by atoms with Gasteiger partial charge < -0.3 is 5.32 Å². The van der Waals surface area contributed by atoms with E-state index in [1.165, 1.54) is 12.1 Å². The van der Waals surface area contributed by atoms with Crippen molar-refractivity contribution < 1.29 is 9.18 Å². The van der Waals surface area contributed by atoms with E-state index in [0.29, 0.717) is 17.2 Å². The van der Waals surface area contributed by atoms with E-state index in [0.717, 1.165) is 16.2 Å². The number of halogens is 1. The number of nitrogens with one attached hydrogen (secondary N) is 2. The number of fused-ring (bicyclic) bond motifs is 2. The van der Waals surface area contributed by atoms with Crippen molar-refractivity contribution in [1.29, 1.82) is 0 Å². The van der Waals surface area contributed by atoms with Crippen LogP contribution in [0.1, 0.15) is 28.5 Å². The zero-order valence-corrected chi connectivity index (χ0v) is 13.9. The zero-order valence-electron chi connectivity index (χ0n) is 13.1. The molecule has 7 heteroatoms. The highest BCUT2D eigenvalue weighted by atomic mass is 32.2. The number of benzene rings is 2. The second kappa shape index (κ2) is 6.33. The SMILES string of the molecule is O=C(NC1CCSc2ccc(F)cc21)c1n[nH]c(=O)c2ccccc12. The van der Waals surface area contributed by atoms with Gasteiger partial charge in [0.1, 0.15) is 5.82 Å². The molecular weight excluding hydrogens is 341 g/mol. The Morgan fingerprint density at radius 3 is 2.88 bits per heavy atom. The van der Waals surface area contributed by atoms with Gasteiger partial charge in [-0.1, -0.05) is 18.2 Å².